The van der Waals surface area contributed by atoms with Gasteiger partial charge in [0.25, 0.3) is 5.91 Å². The summed E-state index contributed by atoms with van der Waals surface area (Å²) in [4.78, 5) is 20.2. The lowest BCUT2D eigenvalue weighted by Gasteiger charge is -2.08. The molecule has 0 aliphatic heterocycles. The van der Waals surface area contributed by atoms with Gasteiger partial charge in [-0.3, -0.25) is 14.8 Å². The zero-order valence-electron chi connectivity index (χ0n) is 14.4. The van der Waals surface area contributed by atoms with Crippen LogP contribution < -0.4 is 10.0 Å². The second-order valence-corrected chi connectivity index (χ2v) is 7.52. The molecule has 0 unspecified atom stereocenters. The van der Waals surface area contributed by atoms with Crippen LogP contribution in [-0.4, -0.2) is 24.3 Å². The quantitative estimate of drug-likeness (QED) is 0.650. The van der Waals surface area contributed by atoms with E-state index >= 15 is 0 Å². The fraction of sp³-hybridized carbons (Fsp3) is 0.105. The van der Waals surface area contributed by atoms with Gasteiger partial charge >= 0.3 is 0 Å². The van der Waals surface area contributed by atoms with Gasteiger partial charge in [-0.15, -0.1) is 0 Å². The molecule has 3 rings (SSSR count). The van der Waals surface area contributed by atoms with Crippen LogP contribution in [0, 0.1) is 0 Å². The lowest BCUT2D eigenvalue weighted by atomic mass is 10.2. The molecule has 0 bridgehead atoms. The van der Waals surface area contributed by atoms with Gasteiger partial charge in [0.2, 0.25) is 10.0 Å². The number of hydrogen-bond donors (Lipinski definition) is 2. The number of carbonyl (C=O) groups is 1. The van der Waals surface area contributed by atoms with Crippen LogP contribution in [-0.2, 0) is 23.1 Å². The predicted molar refractivity (Wildman–Crippen MR) is 100 cm³/mol. The molecular weight excluding hydrogens is 364 g/mol. The van der Waals surface area contributed by atoms with Crippen LogP contribution in [0.15, 0.2) is 78.2 Å². The third kappa shape index (κ3) is 5.19. The van der Waals surface area contributed by atoms with E-state index in [2.05, 4.69) is 20.0 Å². The first-order chi connectivity index (χ1) is 13.0. The summed E-state index contributed by atoms with van der Waals surface area (Å²) in [6.45, 7) is 0.489. The van der Waals surface area contributed by atoms with Crippen molar-refractivity contribution < 1.29 is 13.2 Å². The van der Waals surface area contributed by atoms with Gasteiger partial charge in [0.05, 0.1) is 4.90 Å². The summed E-state index contributed by atoms with van der Waals surface area (Å²) in [7, 11) is -3.67. The fourth-order valence-corrected chi connectivity index (χ4v) is 3.35. The second-order valence-electron chi connectivity index (χ2n) is 5.75. The third-order valence-electron chi connectivity index (χ3n) is 3.79. The normalized spacial score (nSPS) is 11.1. The van der Waals surface area contributed by atoms with Gasteiger partial charge in [-0.25, -0.2) is 13.1 Å². The molecule has 0 atom stereocenters. The van der Waals surface area contributed by atoms with Crippen LogP contribution >= 0.6 is 0 Å². The minimum absolute atomic E-state index is 0.0928. The number of nitrogens with zero attached hydrogens (tertiary/aromatic N) is 2. The van der Waals surface area contributed by atoms with Crippen LogP contribution in [0.3, 0.4) is 0 Å². The number of rotatable bonds is 7. The van der Waals surface area contributed by atoms with Crippen molar-refractivity contribution in [1.82, 2.24) is 20.0 Å². The predicted octanol–water partition coefficient (Wildman–Crippen LogP) is 1.89. The first-order valence-electron chi connectivity index (χ1n) is 8.20. The maximum Gasteiger partial charge on any atom is 0.251 e. The molecule has 0 radical (unpaired) electrons. The van der Waals surface area contributed by atoms with E-state index in [9.17, 15) is 13.2 Å². The molecule has 7 nitrogen and oxygen atoms in total. The maximum absolute atomic E-state index is 12.4. The van der Waals surface area contributed by atoms with Crippen molar-refractivity contribution in [1.29, 1.82) is 0 Å². The van der Waals surface area contributed by atoms with Crippen molar-refractivity contribution in [2.75, 3.05) is 0 Å². The molecule has 0 aliphatic carbocycles. The van der Waals surface area contributed by atoms with Gasteiger partial charge in [0, 0.05) is 43.4 Å². The smallest absolute Gasteiger partial charge is 0.251 e. The molecule has 27 heavy (non-hydrogen) atoms. The van der Waals surface area contributed by atoms with Crippen LogP contribution in [0.2, 0.25) is 0 Å². The SMILES string of the molecule is O=C(NCc1cccnc1)c1ccc(S(=O)(=O)NCc2cccnc2)cc1. The van der Waals surface area contributed by atoms with Crippen molar-refractivity contribution in [2.45, 2.75) is 18.0 Å². The Balaban J connectivity index is 1.61. The van der Waals surface area contributed by atoms with Gasteiger partial charge in [0.1, 0.15) is 0 Å². The largest absolute Gasteiger partial charge is 0.348 e. The summed E-state index contributed by atoms with van der Waals surface area (Å²) in [5, 5.41) is 2.77. The molecule has 0 spiro atoms. The van der Waals surface area contributed by atoms with Crippen LogP contribution in [0.1, 0.15) is 21.5 Å². The average Bonchev–Trinajstić information content (AvgIpc) is 2.72. The number of benzene rings is 1. The van der Waals surface area contributed by atoms with E-state index in [1.54, 1.807) is 43.0 Å². The molecule has 0 aliphatic rings. The second kappa shape index (κ2) is 8.52. The maximum atomic E-state index is 12.4. The highest BCUT2D eigenvalue weighted by molar-refractivity contribution is 7.89. The molecule has 0 saturated carbocycles. The molecule has 0 fully saturated rings. The molecule has 0 saturated heterocycles. The number of hydrogen-bond acceptors (Lipinski definition) is 5. The average molecular weight is 382 g/mol. The molecule has 2 N–H and O–H groups in total. The van der Waals surface area contributed by atoms with Crippen LogP contribution in [0.4, 0.5) is 0 Å². The Morgan fingerprint density at radius 2 is 1.44 bits per heavy atom. The van der Waals surface area contributed by atoms with Crippen molar-refractivity contribution in [3.05, 3.63) is 90.0 Å². The van der Waals surface area contributed by atoms with Crippen molar-refractivity contribution in [3.8, 4) is 0 Å². The number of amides is 1. The molecule has 138 valence electrons. The van der Waals surface area contributed by atoms with Crippen molar-refractivity contribution in [2.24, 2.45) is 0 Å². The minimum Gasteiger partial charge on any atom is -0.348 e. The first kappa shape index (κ1) is 18.7. The zero-order valence-corrected chi connectivity index (χ0v) is 15.2. The Morgan fingerprint density at radius 3 is 2.00 bits per heavy atom. The Morgan fingerprint density at radius 1 is 0.852 bits per heavy atom. The Kier molecular flexibility index (Phi) is 5.90. The number of nitrogens with one attached hydrogen (secondary N) is 2. The van der Waals surface area contributed by atoms with E-state index in [0.717, 1.165) is 11.1 Å². The fourth-order valence-electron chi connectivity index (χ4n) is 2.34. The number of pyridine rings is 2. The van der Waals surface area contributed by atoms with Gasteiger partial charge < -0.3 is 5.32 Å². The van der Waals surface area contributed by atoms with Gasteiger partial charge in [-0.1, -0.05) is 12.1 Å². The molecule has 2 heterocycles. The molecule has 1 aromatic carbocycles. The van der Waals surface area contributed by atoms with Crippen molar-refractivity contribution in [3.63, 3.8) is 0 Å². The van der Waals surface area contributed by atoms with Crippen molar-refractivity contribution >= 4 is 15.9 Å². The third-order valence-corrected chi connectivity index (χ3v) is 5.21. The highest BCUT2D eigenvalue weighted by Crippen LogP contribution is 2.11. The standard InChI is InChI=1S/C19H18N4O3S/c24-19(22-13-15-3-1-9-20-11-15)17-5-7-18(8-6-17)27(25,26)23-14-16-4-2-10-21-12-16/h1-12,23H,13-14H2,(H,22,24). The van der Waals surface area contributed by atoms with Gasteiger partial charge in [-0.05, 0) is 47.5 Å². The Bertz CT molecular complexity index is 992. The Hall–Kier alpha value is -3.10. The summed E-state index contributed by atoms with van der Waals surface area (Å²) in [5.41, 5.74) is 2.02. The van der Waals surface area contributed by atoms with Gasteiger partial charge in [0.15, 0.2) is 0 Å². The molecule has 8 heteroatoms. The summed E-state index contributed by atoms with van der Waals surface area (Å²) >= 11 is 0. The van der Waals surface area contributed by atoms with Crippen LogP contribution in [0.5, 0.6) is 0 Å². The minimum atomic E-state index is -3.67. The molecular formula is C19H18N4O3S. The van der Waals surface area contributed by atoms with Gasteiger partial charge in [-0.2, -0.15) is 0 Å². The van der Waals surface area contributed by atoms with E-state index < -0.39 is 10.0 Å². The van der Waals surface area contributed by atoms with Crippen LogP contribution in [0.25, 0.3) is 0 Å². The molecule has 2 aromatic heterocycles. The topological polar surface area (TPSA) is 101 Å². The van der Waals surface area contributed by atoms with E-state index in [1.807, 2.05) is 6.07 Å². The molecule has 3 aromatic rings. The summed E-state index contributed by atoms with van der Waals surface area (Å²) < 4.78 is 27.2. The number of sulfonamides is 1. The Labute approximate surface area is 157 Å². The number of aromatic nitrogens is 2. The summed E-state index contributed by atoms with van der Waals surface area (Å²) in [6.07, 6.45) is 6.55. The summed E-state index contributed by atoms with van der Waals surface area (Å²) in [5.74, 6) is -0.286. The highest BCUT2D eigenvalue weighted by Gasteiger charge is 2.15. The monoisotopic (exact) mass is 382 g/mol. The summed E-state index contributed by atoms with van der Waals surface area (Å²) in [6, 6.07) is 13.0. The lowest BCUT2D eigenvalue weighted by molar-refractivity contribution is 0.0951. The first-order valence-corrected chi connectivity index (χ1v) is 9.69. The lowest BCUT2D eigenvalue weighted by Crippen LogP contribution is -2.24. The van der Waals surface area contributed by atoms with E-state index in [4.69, 9.17) is 0 Å². The number of carbonyl (C=O) groups excluding carboxylic acids is 1. The molecule has 1 amide bonds. The highest BCUT2D eigenvalue weighted by atomic mass is 32.2. The zero-order chi connectivity index (χ0) is 19.1. The van der Waals surface area contributed by atoms with E-state index in [1.165, 1.54) is 24.3 Å². The van der Waals surface area contributed by atoms with E-state index in [0.29, 0.717) is 12.1 Å². The van der Waals surface area contributed by atoms with E-state index in [-0.39, 0.29) is 17.3 Å².